The number of aromatic nitrogens is 5. The van der Waals surface area contributed by atoms with E-state index in [0.717, 1.165) is 27.9 Å². The second kappa shape index (κ2) is 6.97. The lowest BCUT2D eigenvalue weighted by atomic mass is 10.1. The first-order valence-electron chi connectivity index (χ1n) is 9.59. The maximum atomic E-state index is 14.3. The minimum Gasteiger partial charge on any atom is -0.377 e. The summed E-state index contributed by atoms with van der Waals surface area (Å²) in [5.74, 6) is 0.305. The molecule has 8 heteroatoms. The third-order valence-electron chi connectivity index (χ3n) is 5.33. The van der Waals surface area contributed by atoms with Crippen molar-refractivity contribution in [3.63, 3.8) is 0 Å². The number of nitrogens with one attached hydrogen (secondary N) is 1. The number of H-pyrrole nitrogens is 1. The lowest BCUT2D eigenvalue weighted by Gasteiger charge is -2.33. The first-order chi connectivity index (χ1) is 14.1. The number of hydrogen-bond acceptors (Lipinski definition) is 5. The van der Waals surface area contributed by atoms with Crippen LogP contribution in [0.5, 0.6) is 0 Å². The van der Waals surface area contributed by atoms with Crippen LogP contribution in [-0.4, -0.2) is 50.5 Å². The summed E-state index contributed by atoms with van der Waals surface area (Å²) in [5.41, 5.74) is 3.76. The molecule has 1 aromatic carbocycles. The maximum absolute atomic E-state index is 14.3. The molecule has 0 radical (unpaired) electrons. The van der Waals surface area contributed by atoms with Crippen LogP contribution in [0.4, 0.5) is 10.3 Å². The summed E-state index contributed by atoms with van der Waals surface area (Å²) in [7, 11) is 1.88. The molecule has 1 aliphatic rings. The van der Waals surface area contributed by atoms with Crippen LogP contribution in [-0.2, 0) is 11.8 Å². The fraction of sp³-hybridized carbons (Fsp3) is 0.286. The second-order valence-electron chi connectivity index (χ2n) is 7.29. The number of rotatable bonds is 3. The molecule has 5 rings (SSSR count). The highest BCUT2D eigenvalue weighted by Crippen LogP contribution is 2.32. The highest BCUT2D eigenvalue weighted by molar-refractivity contribution is 5.94. The highest BCUT2D eigenvalue weighted by Gasteiger charge is 2.24. The fourth-order valence-electron chi connectivity index (χ4n) is 3.83. The first-order valence-corrected chi connectivity index (χ1v) is 9.59. The number of nitrogens with zero attached hydrogens (tertiary/aromatic N) is 5. The molecule has 1 unspecified atom stereocenters. The van der Waals surface area contributed by atoms with Crippen molar-refractivity contribution in [1.29, 1.82) is 0 Å². The Bertz CT molecular complexity index is 1180. The van der Waals surface area contributed by atoms with Gasteiger partial charge in [-0.05, 0) is 37.3 Å². The molecular weight excluding hydrogens is 371 g/mol. The standard InChI is InChI=1S/C21H21FN6O/c1-13-12-29-8-7-28(13)21-25-18(11-19(26-21)20-4-6-24-27(20)2)16-9-14(22)10-17-15(16)3-5-23-17/h3-6,9-11,13,23H,7-8,12H2,1-2H3. The molecule has 1 fully saturated rings. The van der Waals surface area contributed by atoms with Gasteiger partial charge in [0.1, 0.15) is 5.82 Å². The molecule has 1 aliphatic heterocycles. The summed E-state index contributed by atoms with van der Waals surface area (Å²) in [6.45, 7) is 4.04. The van der Waals surface area contributed by atoms with E-state index >= 15 is 0 Å². The van der Waals surface area contributed by atoms with E-state index in [4.69, 9.17) is 14.7 Å². The zero-order chi connectivity index (χ0) is 20.0. The summed E-state index contributed by atoms with van der Waals surface area (Å²) in [5, 5.41) is 5.18. The van der Waals surface area contributed by atoms with Crippen LogP contribution in [0.2, 0.25) is 0 Å². The number of morpholine rings is 1. The molecular formula is C21H21FN6O. The first kappa shape index (κ1) is 17.8. The molecule has 1 saturated heterocycles. The minimum absolute atomic E-state index is 0.151. The predicted molar refractivity (Wildman–Crippen MR) is 109 cm³/mol. The van der Waals surface area contributed by atoms with Crippen molar-refractivity contribution in [2.75, 3.05) is 24.7 Å². The fourth-order valence-corrected chi connectivity index (χ4v) is 3.83. The van der Waals surface area contributed by atoms with E-state index in [9.17, 15) is 4.39 Å². The van der Waals surface area contributed by atoms with Crippen molar-refractivity contribution in [2.24, 2.45) is 7.05 Å². The van der Waals surface area contributed by atoms with Gasteiger partial charge in [-0.2, -0.15) is 5.10 Å². The van der Waals surface area contributed by atoms with E-state index in [1.807, 2.05) is 31.4 Å². The molecule has 0 amide bonds. The number of benzene rings is 1. The van der Waals surface area contributed by atoms with Gasteiger partial charge in [-0.3, -0.25) is 4.68 Å². The zero-order valence-electron chi connectivity index (χ0n) is 16.3. The van der Waals surface area contributed by atoms with Gasteiger partial charge in [0, 0.05) is 42.5 Å². The van der Waals surface area contributed by atoms with Crippen LogP contribution in [0.1, 0.15) is 6.92 Å². The second-order valence-corrected chi connectivity index (χ2v) is 7.29. The molecule has 4 aromatic rings. The lowest BCUT2D eigenvalue weighted by Crippen LogP contribution is -2.44. The van der Waals surface area contributed by atoms with E-state index in [0.29, 0.717) is 31.4 Å². The summed E-state index contributed by atoms with van der Waals surface area (Å²) in [6, 6.07) is 8.92. The van der Waals surface area contributed by atoms with Gasteiger partial charge in [-0.25, -0.2) is 14.4 Å². The van der Waals surface area contributed by atoms with Gasteiger partial charge in [0.25, 0.3) is 0 Å². The van der Waals surface area contributed by atoms with Crippen LogP contribution >= 0.6 is 0 Å². The lowest BCUT2D eigenvalue weighted by molar-refractivity contribution is 0.0981. The normalized spacial score (nSPS) is 17.2. The van der Waals surface area contributed by atoms with Crippen molar-refractivity contribution < 1.29 is 9.13 Å². The Balaban J connectivity index is 1.73. The van der Waals surface area contributed by atoms with Gasteiger partial charge in [0.2, 0.25) is 5.95 Å². The predicted octanol–water partition coefficient (Wildman–Crippen LogP) is 3.39. The Morgan fingerprint density at radius 3 is 2.83 bits per heavy atom. The van der Waals surface area contributed by atoms with Gasteiger partial charge < -0.3 is 14.6 Å². The topological polar surface area (TPSA) is 71.9 Å². The highest BCUT2D eigenvalue weighted by atomic mass is 19.1. The molecule has 0 spiro atoms. The van der Waals surface area contributed by atoms with Gasteiger partial charge >= 0.3 is 0 Å². The van der Waals surface area contributed by atoms with Crippen LogP contribution in [0.15, 0.2) is 42.7 Å². The van der Waals surface area contributed by atoms with E-state index in [1.165, 1.54) is 12.1 Å². The SMILES string of the molecule is CC1COCCN1c1nc(-c2cc(F)cc3[nH]ccc23)cc(-c2ccnn2C)n1. The average molecular weight is 392 g/mol. The third-order valence-corrected chi connectivity index (χ3v) is 5.33. The Labute approximate surface area is 167 Å². The molecule has 4 heterocycles. The molecule has 7 nitrogen and oxygen atoms in total. The number of halogens is 1. The Hall–Kier alpha value is -3.26. The van der Waals surface area contributed by atoms with Crippen LogP contribution in [0, 0.1) is 5.82 Å². The van der Waals surface area contributed by atoms with E-state index < -0.39 is 0 Å². The summed E-state index contributed by atoms with van der Waals surface area (Å²) >= 11 is 0. The number of aryl methyl sites for hydroxylation is 1. The molecule has 148 valence electrons. The van der Waals surface area contributed by atoms with Crippen LogP contribution in [0.25, 0.3) is 33.5 Å². The Morgan fingerprint density at radius 2 is 2.03 bits per heavy atom. The van der Waals surface area contributed by atoms with E-state index in [-0.39, 0.29) is 11.9 Å². The smallest absolute Gasteiger partial charge is 0.226 e. The van der Waals surface area contributed by atoms with Crippen molar-refractivity contribution >= 4 is 16.9 Å². The summed E-state index contributed by atoms with van der Waals surface area (Å²) in [6.07, 6.45) is 3.54. The van der Waals surface area contributed by atoms with E-state index in [1.54, 1.807) is 10.9 Å². The number of anilines is 1. The van der Waals surface area contributed by atoms with Gasteiger partial charge in [-0.1, -0.05) is 0 Å². The maximum Gasteiger partial charge on any atom is 0.226 e. The average Bonchev–Trinajstić information content (AvgIpc) is 3.36. The van der Waals surface area contributed by atoms with Gasteiger partial charge in [0.15, 0.2) is 0 Å². The molecule has 3 aromatic heterocycles. The number of hydrogen-bond donors (Lipinski definition) is 1. The molecule has 0 bridgehead atoms. The minimum atomic E-state index is -0.308. The molecule has 0 aliphatic carbocycles. The molecule has 1 atom stereocenters. The van der Waals surface area contributed by atoms with Crippen molar-refractivity contribution in [2.45, 2.75) is 13.0 Å². The van der Waals surface area contributed by atoms with E-state index in [2.05, 4.69) is 21.9 Å². The number of ether oxygens (including phenoxy) is 1. The Morgan fingerprint density at radius 1 is 1.17 bits per heavy atom. The van der Waals surface area contributed by atoms with Crippen molar-refractivity contribution in [3.05, 3.63) is 48.5 Å². The number of fused-ring (bicyclic) bond motifs is 1. The molecule has 1 N–H and O–H groups in total. The van der Waals surface area contributed by atoms with Crippen LogP contribution in [0.3, 0.4) is 0 Å². The number of aromatic amines is 1. The van der Waals surface area contributed by atoms with Crippen molar-refractivity contribution in [3.8, 4) is 22.6 Å². The quantitative estimate of drug-likeness (QED) is 0.579. The van der Waals surface area contributed by atoms with Crippen LogP contribution < -0.4 is 4.90 Å². The third kappa shape index (κ3) is 3.15. The Kier molecular flexibility index (Phi) is 4.28. The van der Waals surface area contributed by atoms with Gasteiger partial charge in [0.05, 0.1) is 36.3 Å². The molecule has 0 saturated carbocycles. The largest absolute Gasteiger partial charge is 0.377 e. The van der Waals surface area contributed by atoms with Crippen molar-refractivity contribution in [1.82, 2.24) is 24.7 Å². The summed E-state index contributed by atoms with van der Waals surface area (Å²) in [4.78, 5) is 14.9. The van der Waals surface area contributed by atoms with Gasteiger partial charge in [-0.15, -0.1) is 0 Å². The zero-order valence-corrected chi connectivity index (χ0v) is 16.3. The molecule has 29 heavy (non-hydrogen) atoms. The monoisotopic (exact) mass is 392 g/mol. The summed E-state index contributed by atoms with van der Waals surface area (Å²) < 4.78 is 21.7.